The fourth-order valence-electron chi connectivity index (χ4n) is 3.42. The minimum atomic E-state index is -5.08. The summed E-state index contributed by atoms with van der Waals surface area (Å²) in [5, 5.41) is 39.9. The van der Waals surface area contributed by atoms with E-state index in [1.807, 2.05) is 0 Å². The number of aromatic nitrogens is 2. The third kappa shape index (κ3) is 7.32. The van der Waals surface area contributed by atoms with Crippen LogP contribution in [-0.2, 0) is 23.8 Å². The number of ether oxygens (including phenoxy) is 3. The Morgan fingerprint density at radius 2 is 1.94 bits per heavy atom. The van der Waals surface area contributed by atoms with Gasteiger partial charge in [0, 0.05) is 31.8 Å². The number of alkyl halides is 3. The number of carbonyl (C=O) groups is 2. The predicted octanol–water partition coefficient (Wildman–Crippen LogP) is -3.65. The summed E-state index contributed by atoms with van der Waals surface area (Å²) in [5.41, 5.74) is 4.14. The fraction of sp³-hybridized carbons (Fsp3) is 0.667. The molecule has 0 saturated carbocycles. The molecule has 18 heteroatoms. The number of nitrogens with zero attached hydrogens (tertiary/aromatic N) is 1. The Hall–Kier alpha value is -2.87. The number of aliphatic carboxylic acids is 1. The van der Waals surface area contributed by atoms with E-state index in [4.69, 9.17) is 29.8 Å². The number of aliphatic hydroxyl groups is 3. The summed E-state index contributed by atoms with van der Waals surface area (Å²) in [4.78, 5) is 44.9. The summed E-state index contributed by atoms with van der Waals surface area (Å²) in [6.45, 7) is -0.0880. The van der Waals surface area contributed by atoms with Crippen LogP contribution in [0.1, 0.15) is 12.6 Å². The number of carboxylic acid groups (broad SMARTS) is 1. The maximum Gasteiger partial charge on any atom is 0.490 e. The van der Waals surface area contributed by atoms with Crippen molar-refractivity contribution < 1.29 is 57.4 Å². The Kier molecular flexibility index (Phi) is 10.1. The minimum absolute atomic E-state index is 0.0348. The van der Waals surface area contributed by atoms with Crippen LogP contribution in [0.2, 0.25) is 0 Å². The van der Waals surface area contributed by atoms with Crippen molar-refractivity contribution in [3.05, 3.63) is 33.1 Å². The van der Waals surface area contributed by atoms with Gasteiger partial charge in [0.15, 0.2) is 12.5 Å². The number of carboxylic acids is 1. The summed E-state index contributed by atoms with van der Waals surface area (Å²) in [6, 6.07) is 1.11. The Morgan fingerprint density at radius 3 is 2.44 bits per heavy atom. The maximum absolute atomic E-state index is 12.0. The average molecular weight is 530 g/mol. The number of nitrogens with one attached hydrogen (secondary N) is 2. The SMILES string of the molecule is NC[C@H]1O[C@@H](O[C@@H](CNC=O)[C@@H]2C[C@@H](O)[C@H](n3ccc(=O)[nH]c3=O)O2)[C@H](O)[C@@H]1O.O=C(O)C(F)(F)F. The van der Waals surface area contributed by atoms with Crippen LogP contribution in [0.25, 0.3) is 0 Å². The lowest BCUT2D eigenvalue weighted by atomic mass is 10.1. The Balaban J connectivity index is 0.000000572. The summed E-state index contributed by atoms with van der Waals surface area (Å²) >= 11 is 0. The molecular formula is C18H25F3N4O11. The predicted molar refractivity (Wildman–Crippen MR) is 108 cm³/mol. The monoisotopic (exact) mass is 530 g/mol. The van der Waals surface area contributed by atoms with Crippen LogP contribution in [0, 0.1) is 0 Å². The lowest BCUT2D eigenvalue weighted by molar-refractivity contribution is -0.213. The van der Waals surface area contributed by atoms with Gasteiger partial charge in [-0.3, -0.25) is 19.1 Å². The topological polar surface area (TPSA) is 236 Å². The van der Waals surface area contributed by atoms with Crippen molar-refractivity contribution >= 4 is 12.4 Å². The first-order valence-corrected chi connectivity index (χ1v) is 10.3. The second kappa shape index (κ2) is 12.4. The summed E-state index contributed by atoms with van der Waals surface area (Å²) in [7, 11) is 0. The zero-order valence-electron chi connectivity index (χ0n) is 18.3. The number of carbonyl (C=O) groups excluding carboxylic acids is 1. The van der Waals surface area contributed by atoms with E-state index in [0.717, 1.165) is 10.6 Å². The van der Waals surface area contributed by atoms with Gasteiger partial charge in [-0.05, 0) is 0 Å². The van der Waals surface area contributed by atoms with E-state index in [1.54, 1.807) is 0 Å². The first-order valence-electron chi connectivity index (χ1n) is 10.3. The van der Waals surface area contributed by atoms with Crippen LogP contribution in [0.3, 0.4) is 0 Å². The standard InChI is InChI=1S/C16H24N4O9.C2HF3O2/c17-4-9-12(24)13(25)15(28-9)29-10(5-18-6-21)8-3-7(22)14(27-8)20-2-1-11(23)19-16(20)26;3-2(4,5)1(6)7/h1-2,6-10,12-15,22,24-25H,3-5,17H2,(H,18,21)(H,19,23,26);(H,6,7)/t7-,8+,9-,10+,12-,13-,14-,15+;/m1./s1. The fourth-order valence-corrected chi connectivity index (χ4v) is 3.42. The van der Waals surface area contributed by atoms with Crippen LogP contribution >= 0.6 is 0 Å². The molecule has 204 valence electrons. The zero-order valence-corrected chi connectivity index (χ0v) is 18.3. The van der Waals surface area contributed by atoms with Crippen molar-refractivity contribution in [3.8, 4) is 0 Å². The van der Waals surface area contributed by atoms with Gasteiger partial charge in [-0.15, -0.1) is 0 Å². The number of amides is 1. The molecule has 8 atom stereocenters. The molecule has 8 N–H and O–H groups in total. The first-order chi connectivity index (χ1) is 16.8. The molecule has 0 aromatic carbocycles. The molecule has 3 rings (SSSR count). The van der Waals surface area contributed by atoms with Gasteiger partial charge in [-0.1, -0.05) is 0 Å². The minimum Gasteiger partial charge on any atom is -0.475 e. The third-order valence-corrected chi connectivity index (χ3v) is 5.16. The molecule has 36 heavy (non-hydrogen) atoms. The van der Waals surface area contributed by atoms with Crippen molar-refractivity contribution in [1.82, 2.24) is 14.9 Å². The van der Waals surface area contributed by atoms with Gasteiger partial charge in [-0.25, -0.2) is 9.59 Å². The highest BCUT2D eigenvalue weighted by molar-refractivity contribution is 5.73. The summed E-state index contributed by atoms with van der Waals surface area (Å²) in [5.74, 6) is -2.76. The molecule has 0 unspecified atom stereocenters. The number of hydrogen-bond acceptors (Lipinski definition) is 11. The molecule has 1 aromatic heterocycles. The second-order valence-electron chi connectivity index (χ2n) is 7.65. The smallest absolute Gasteiger partial charge is 0.475 e. The van der Waals surface area contributed by atoms with Gasteiger partial charge < -0.3 is 45.7 Å². The highest BCUT2D eigenvalue weighted by Crippen LogP contribution is 2.32. The lowest BCUT2D eigenvalue weighted by Gasteiger charge is -2.28. The first kappa shape index (κ1) is 29.4. The zero-order chi connectivity index (χ0) is 27.2. The van der Waals surface area contributed by atoms with E-state index in [0.29, 0.717) is 6.41 Å². The van der Waals surface area contributed by atoms with Crippen LogP contribution in [-0.4, -0.2) is 105 Å². The molecule has 15 nitrogen and oxygen atoms in total. The van der Waals surface area contributed by atoms with Crippen LogP contribution < -0.4 is 22.3 Å². The Morgan fingerprint density at radius 1 is 1.31 bits per heavy atom. The lowest BCUT2D eigenvalue weighted by Crippen LogP contribution is -2.44. The summed E-state index contributed by atoms with van der Waals surface area (Å²) in [6.07, 6.45) is -12.0. The molecule has 0 aliphatic carbocycles. The van der Waals surface area contributed by atoms with E-state index < -0.39 is 72.5 Å². The van der Waals surface area contributed by atoms with Gasteiger partial charge in [0.2, 0.25) is 6.41 Å². The molecular weight excluding hydrogens is 505 g/mol. The number of rotatable bonds is 8. The van der Waals surface area contributed by atoms with Gasteiger partial charge >= 0.3 is 17.8 Å². The second-order valence-corrected chi connectivity index (χ2v) is 7.65. The number of aromatic amines is 1. The molecule has 2 aliphatic heterocycles. The normalized spacial score (nSPS) is 30.8. The molecule has 2 aliphatic rings. The highest BCUT2D eigenvalue weighted by Gasteiger charge is 2.47. The Labute approximate surface area is 199 Å². The van der Waals surface area contributed by atoms with Crippen LogP contribution in [0.15, 0.2) is 21.9 Å². The van der Waals surface area contributed by atoms with E-state index in [2.05, 4.69) is 10.3 Å². The van der Waals surface area contributed by atoms with Crippen molar-refractivity contribution in [2.24, 2.45) is 5.73 Å². The van der Waals surface area contributed by atoms with Crippen molar-refractivity contribution in [2.75, 3.05) is 13.1 Å². The summed E-state index contributed by atoms with van der Waals surface area (Å²) < 4.78 is 49.6. The third-order valence-electron chi connectivity index (χ3n) is 5.16. The van der Waals surface area contributed by atoms with Crippen LogP contribution in [0.4, 0.5) is 13.2 Å². The Bertz CT molecular complexity index is 1000. The van der Waals surface area contributed by atoms with Crippen LogP contribution in [0.5, 0.6) is 0 Å². The molecule has 1 aromatic rings. The maximum atomic E-state index is 12.0. The number of halogens is 3. The van der Waals surface area contributed by atoms with Crippen molar-refractivity contribution in [2.45, 2.75) is 61.7 Å². The van der Waals surface area contributed by atoms with E-state index in [-0.39, 0.29) is 19.5 Å². The molecule has 1 amide bonds. The van der Waals surface area contributed by atoms with E-state index in [9.17, 15) is 42.9 Å². The van der Waals surface area contributed by atoms with E-state index in [1.165, 1.54) is 6.20 Å². The largest absolute Gasteiger partial charge is 0.490 e. The average Bonchev–Trinajstić information content (AvgIpc) is 3.30. The van der Waals surface area contributed by atoms with Gasteiger partial charge in [-0.2, -0.15) is 13.2 Å². The molecule has 0 bridgehead atoms. The molecule has 2 fully saturated rings. The van der Waals surface area contributed by atoms with Crippen molar-refractivity contribution in [3.63, 3.8) is 0 Å². The van der Waals surface area contributed by atoms with Gasteiger partial charge in [0.05, 0.1) is 6.10 Å². The molecule has 3 heterocycles. The quantitative estimate of drug-likeness (QED) is 0.161. The molecule has 0 spiro atoms. The van der Waals surface area contributed by atoms with E-state index >= 15 is 0 Å². The van der Waals surface area contributed by atoms with Gasteiger partial charge in [0.25, 0.3) is 5.56 Å². The number of nitrogens with two attached hydrogens (primary N) is 1. The number of hydrogen-bond donors (Lipinski definition) is 7. The molecule has 0 radical (unpaired) electrons. The molecule has 2 saturated heterocycles. The highest BCUT2D eigenvalue weighted by atomic mass is 19.4. The number of H-pyrrole nitrogens is 1. The van der Waals surface area contributed by atoms with Gasteiger partial charge in [0.1, 0.15) is 30.5 Å². The van der Waals surface area contributed by atoms with Crippen molar-refractivity contribution in [1.29, 1.82) is 0 Å². The number of aliphatic hydroxyl groups excluding tert-OH is 3.